The standard InChI is InChI=1S/C23H37ClFN7O3/c1-3-10-30(2)14-18-9-6-11-32(18)21-19(25)20(26-23(24)27-21)28-29-22(34)17(13-31(35)15-33)12-16-7-4-5-8-16/h15-18,35H,3-14H2,1-2H3,(H,29,34)(H,26,27,28)/t17-,18+/m1/s1. The van der Waals surface area contributed by atoms with Crippen LogP contribution in [0.15, 0.2) is 0 Å². The average molecular weight is 514 g/mol. The van der Waals surface area contributed by atoms with Crippen molar-refractivity contribution in [1.82, 2.24) is 25.4 Å². The van der Waals surface area contributed by atoms with Gasteiger partial charge >= 0.3 is 0 Å². The molecule has 2 amide bonds. The summed E-state index contributed by atoms with van der Waals surface area (Å²) in [6.07, 6.45) is 7.89. The summed E-state index contributed by atoms with van der Waals surface area (Å²) in [6.45, 7) is 4.36. The van der Waals surface area contributed by atoms with Crippen LogP contribution >= 0.6 is 11.6 Å². The van der Waals surface area contributed by atoms with Crippen LogP contribution in [0, 0.1) is 17.7 Å². The summed E-state index contributed by atoms with van der Waals surface area (Å²) in [7, 11) is 2.05. The molecule has 2 fully saturated rings. The van der Waals surface area contributed by atoms with Gasteiger partial charge in [-0.1, -0.05) is 32.6 Å². The molecule has 1 saturated heterocycles. The monoisotopic (exact) mass is 513 g/mol. The molecule has 1 aromatic rings. The third-order valence-corrected chi connectivity index (χ3v) is 7.05. The zero-order chi connectivity index (χ0) is 25.4. The first-order valence-electron chi connectivity index (χ1n) is 12.5. The van der Waals surface area contributed by atoms with Crippen LogP contribution in [-0.4, -0.2) is 76.7 Å². The zero-order valence-electron chi connectivity index (χ0n) is 20.6. The van der Waals surface area contributed by atoms with Crippen molar-refractivity contribution in [2.45, 2.75) is 64.3 Å². The molecule has 3 N–H and O–H groups in total. The Balaban J connectivity index is 1.70. The highest BCUT2D eigenvalue weighted by molar-refractivity contribution is 6.28. The Hall–Kier alpha value is -2.24. The van der Waals surface area contributed by atoms with Crippen molar-refractivity contribution in [3.8, 4) is 0 Å². The van der Waals surface area contributed by atoms with Crippen LogP contribution in [0.1, 0.15) is 58.3 Å². The highest BCUT2D eigenvalue weighted by atomic mass is 35.5. The first-order valence-corrected chi connectivity index (χ1v) is 12.8. The van der Waals surface area contributed by atoms with E-state index in [-0.39, 0.29) is 35.9 Å². The Morgan fingerprint density at radius 3 is 2.74 bits per heavy atom. The van der Waals surface area contributed by atoms with Gasteiger partial charge in [0.25, 0.3) is 0 Å². The predicted molar refractivity (Wildman–Crippen MR) is 132 cm³/mol. The van der Waals surface area contributed by atoms with E-state index in [4.69, 9.17) is 11.6 Å². The molecule has 2 aliphatic rings. The van der Waals surface area contributed by atoms with Crippen LogP contribution < -0.4 is 15.8 Å². The fourth-order valence-electron chi connectivity index (χ4n) is 5.22. The van der Waals surface area contributed by atoms with Crippen molar-refractivity contribution in [3.05, 3.63) is 11.1 Å². The van der Waals surface area contributed by atoms with Crippen molar-refractivity contribution in [2.75, 3.05) is 43.6 Å². The van der Waals surface area contributed by atoms with E-state index < -0.39 is 17.6 Å². The van der Waals surface area contributed by atoms with Crippen molar-refractivity contribution < 1.29 is 19.2 Å². The minimum Gasteiger partial charge on any atom is -0.350 e. The maximum atomic E-state index is 15.5. The van der Waals surface area contributed by atoms with E-state index in [2.05, 4.69) is 32.6 Å². The van der Waals surface area contributed by atoms with Gasteiger partial charge in [0.1, 0.15) is 0 Å². The molecule has 12 heteroatoms. The van der Waals surface area contributed by atoms with E-state index in [0.717, 1.165) is 58.0 Å². The number of aromatic nitrogens is 2. The average Bonchev–Trinajstić information content (AvgIpc) is 3.51. The number of hydrogen-bond donors (Lipinski definition) is 3. The van der Waals surface area contributed by atoms with E-state index in [9.17, 15) is 14.8 Å². The number of halogens is 2. The van der Waals surface area contributed by atoms with Gasteiger partial charge in [0.15, 0.2) is 11.6 Å². The lowest BCUT2D eigenvalue weighted by Crippen LogP contribution is -2.42. The number of carbonyl (C=O) groups is 2. The molecule has 1 aliphatic heterocycles. The molecular formula is C23H37ClFN7O3. The number of hydrazine groups is 1. The smallest absolute Gasteiger partial charge is 0.243 e. The Labute approximate surface area is 211 Å². The summed E-state index contributed by atoms with van der Waals surface area (Å²) in [5.41, 5.74) is 5.04. The summed E-state index contributed by atoms with van der Waals surface area (Å²) in [6, 6.07) is 0.101. The van der Waals surface area contributed by atoms with E-state index in [1.807, 2.05) is 11.9 Å². The lowest BCUT2D eigenvalue weighted by molar-refractivity contribution is -0.154. The van der Waals surface area contributed by atoms with Gasteiger partial charge in [-0.3, -0.25) is 25.6 Å². The minimum atomic E-state index is -0.691. The summed E-state index contributed by atoms with van der Waals surface area (Å²) in [5, 5.41) is 9.99. The first-order chi connectivity index (χ1) is 16.8. The second-order valence-electron chi connectivity index (χ2n) is 9.66. The third-order valence-electron chi connectivity index (χ3n) is 6.88. The lowest BCUT2D eigenvalue weighted by atomic mass is 9.92. The van der Waals surface area contributed by atoms with Gasteiger partial charge in [-0.15, -0.1) is 0 Å². The molecule has 0 bridgehead atoms. The van der Waals surface area contributed by atoms with Crippen LogP contribution in [0.5, 0.6) is 0 Å². The number of carbonyl (C=O) groups excluding carboxylic acids is 2. The zero-order valence-corrected chi connectivity index (χ0v) is 21.3. The number of nitrogens with zero attached hydrogens (tertiary/aromatic N) is 5. The number of amides is 2. The Kier molecular flexibility index (Phi) is 10.3. The third kappa shape index (κ3) is 7.62. The number of hydroxylamine groups is 2. The predicted octanol–water partition coefficient (Wildman–Crippen LogP) is 3.07. The van der Waals surface area contributed by atoms with E-state index in [0.29, 0.717) is 23.9 Å². The Morgan fingerprint density at radius 2 is 2.06 bits per heavy atom. The molecule has 10 nitrogen and oxygen atoms in total. The summed E-state index contributed by atoms with van der Waals surface area (Å²) in [5.74, 6) is -1.58. The van der Waals surface area contributed by atoms with Crippen molar-refractivity contribution in [3.63, 3.8) is 0 Å². The van der Waals surface area contributed by atoms with Crippen LogP contribution in [0.2, 0.25) is 5.28 Å². The minimum absolute atomic E-state index is 0.101. The maximum absolute atomic E-state index is 15.5. The van der Waals surface area contributed by atoms with Crippen molar-refractivity contribution in [1.29, 1.82) is 0 Å². The molecule has 1 aromatic heterocycles. The fraction of sp³-hybridized carbons (Fsp3) is 0.739. The number of nitrogens with one attached hydrogen (secondary N) is 2. The molecule has 2 heterocycles. The summed E-state index contributed by atoms with van der Waals surface area (Å²) >= 11 is 6.13. The summed E-state index contributed by atoms with van der Waals surface area (Å²) < 4.78 is 15.5. The molecule has 35 heavy (non-hydrogen) atoms. The molecule has 0 aromatic carbocycles. The number of rotatable bonds is 13. The molecule has 0 radical (unpaired) electrons. The van der Waals surface area contributed by atoms with Gasteiger partial charge in [-0.25, -0.2) is 5.06 Å². The topological polar surface area (TPSA) is 114 Å². The van der Waals surface area contributed by atoms with Gasteiger partial charge in [-0.05, 0) is 56.8 Å². The van der Waals surface area contributed by atoms with Crippen LogP contribution in [0.3, 0.4) is 0 Å². The second kappa shape index (κ2) is 13.2. The second-order valence-corrected chi connectivity index (χ2v) is 9.99. The van der Waals surface area contributed by atoms with Crippen LogP contribution in [0.25, 0.3) is 0 Å². The van der Waals surface area contributed by atoms with Crippen LogP contribution in [0.4, 0.5) is 16.0 Å². The number of anilines is 2. The fourth-order valence-corrected chi connectivity index (χ4v) is 5.39. The van der Waals surface area contributed by atoms with Crippen LogP contribution in [-0.2, 0) is 9.59 Å². The van der Waals surface area contributed by atoms with E-state index >= 15 is 4.39 Å². The molecule has 3 rings (SSSR count). The van der Waals surface area contributed by atoms with Gasteiger partial charge < -0.3 is 9.80 Å². The van der Waals surface area contributed by atoms with Crippen molar-refractivity contribution >= 4 is 35.6 Å². The quantitative estimate of drug-likeness (QED) is 0.160. The highest BCUT2D eigenvalue weighted by Crippen LogP contribution is 2.32. The van der Waals surface area contributed by atoms with Crippen molar-refractivity contribution in [2.24, 2.45) is 11.8 Å². The molecule has 1 aliphatic carbocycles. The molecule has 196 valence electrons. The number of likely N-dealkylation sites (N-methyl/N-ethyl adjacent to an activating group) is 1. The van der Waals surface area contributed by atoms with E-state index in [1.54, 1.807) is 0 Å². The normalized spacial score (nSPS) is 19.3. The molecule has 0 spiro atoms. The molecular weight excluding hydrogens is 477 g/mol. The Bertz CT molecular complexity index is 859. The van der Waals surface area contributed by atoms with Gasteiger partial charge in [0.2, 0.25) is 23.4 Å². The van der Waals surface area contributed by atoms with Gasteiger partial charge in [-0.2, -0.15) is 14.4 Å². The number of hydrogen-bond acceptors (Lipinski definition) is 8. The van der Waals surface area contributed by atoms with E-state index in [1.165, 1.54) is 0 Å². The SMILES string of the molecule is CCCN(C)C[C@@H]1CCCN1c1nc(Cl)nc(NNC(=O)[C@H](CC2CCCC2)CN(O)C=O)c1F. The Morgan fingerprint density at radius 1 is 1.31 bits per heavy atom. The van der Waals surface area contributed by atoms with Gasteiger partial charge in [0, 0.05) is 19.1 Å². The first kappa shape index (κ1) is 27.3. The summed E-state index contributed by atoms with van der Waals surface area (Å²) in [4.78, 5) is 36.0. The maximum Gasteiger partial charge on any atom is 0.243 e. The molecule has 2 atom stereocenters. The highest BCUT2D eigenvalue weighted by Gasteiger charge is 2.31. The van der Waals surface area contributed by atoms with Gasteiger partial charge in [0.05, 0.1) is 12.5 Å². The largest absolute Gasteiger partial charge is 0.350 e. The molecule has 1 saturated carbocycles. The lowest BCUT2D eigenvalue weighted by Gasteiger charge is -2.30. The molecule has 0 unspecified atom stereocenters.